The molecule has 1 heterocycles. The van der Waals surface area contributed by atoms with Crippen molar-refractivity contribution in [3.05, 3.63) is 0 Å². The molecule has 1 fully saturated rings. The van der Waals surface area contributed by atoms with E-state index in [4.69, 9.17) is 5.11 Å². The normalized spacial score (nSPS) is 25.7. The van der Waals surface area contributed by atoms with Crippen LogP contribution in [0.5, 0.6) is 0 Å². The molecule has 0 aromatic rings. The fraction of sp³-hybridized carbons (Fsp3) is 0.933. The molecule has 1 rings (SSSR count). The van der Waals surface area contributed by atoms with Crippen LogP contribution in [0.15, 0.2) is 0 Å². The highest BCUT2D eigenvalue weighted by Gasteiger charge is 2.29. The predicted molar refractivity (Wildman–Crippen MR) is 79.3 cm³/mol. The first-order chi connectivity index (χ1) is 9.46. The number of rotatable bonds is 7. The van der Waals surface area contributed by atoms with Gasteiger partial charge in [0.05, 0.1) is 12.7 Å². The highest BCUT2D eigenvalue weighted by atomic mass is 16.3. The molecule has 5 heteroatoms. The fourth-order valence-electron chi connectivity index (χ4n) is 2.82. The van der Waals surface area contributed by atoms with E-state index in [0.717, 1.165) is 32.4 Å². The number of nitrogens with one attached hydrogen (secondary N) is 1. The highest BCUT2D eigenvalue weighted by molar-refractivity contribution is 5.78. The van der Waals surface area contributed by atoms with Gasteiger partial charge in [-0.05, 0) is 25.2 Å². The molecule has 0 spiro atoms. The maximum Gasteiger partial charge on any atom is 0.222 e. The number of aliphatic hydroxyl groups excluding tert-OH is 2. The van der Waals surface area contributed by atoms with Crippen molar-refractivity contribution in [2.75, 3.05) is 26.2 Å². The van der Waals surface area contributed by atoms with Gasteiger partial charge in [-0.3, -0.25) is 9.69 Å². The Balaban J connectivity index is 2.57. The third-order valence-corrected chi connectivity index (χ3v) is 3.98. The minimum absolute atomic E-state index is 0.0112. The molecule has 1 aliphatic heterocycles. The van der Waals surface area contributed by atoms with E-state index < -0.39 is 0 Å². The number of hydrogen-bond donors (Lipinski definition) is 3. The Kier molecular flexibility index (Phi) is 7.48. The summed E-state index contributed by atoms with van der Waals surface area (Å²) < 4.78 is 0. The van der Waals surface area contributed by atoms with Gasteiger partial charge in [0.2, 0.25) is 5.91 Å². The van der Waals surface area contributed by atoms with E-state index in [9.17, 15) is 9.90 Å². The number of hydrogen-bond acceptors (Lipinski definition) is 4. The van der Waals surface area contributed by atoms with Crippen molar-refractivity contribution in [1.29, 1.82) is 0 Å². The van der Waals surface area contributed by atoms with E-state index in [1.54, 1.807) is 0 Å². The monoisotopic (exact) mass is 286 g/mol. The summed E-state index contributed by atoms with van der Waals surface area (Å²) >= 11 is 0. The molecular weight excluding hydrogens is 256 g/mol. The summed E-state index contributed by atoms with van der Waals surface area (Å²) in [4.78, 5) is 14.0. The lowest BCUT2D eigenvalue weighted by Gasteiger charge is -2.38. The third-order valence-electron chi connectivity index (χ3n) is 3.98. The number of carbonyl (C=O) groups excluding carboxylic acids is 1. The number of β-amino-alcohol motifs (C(OH)–C–C–N with tert-alkyl or cyclic N) is 1. The molecule has 3 atom stereocenters. The van der Waals surface area contributed by atoms with Crippen molar-refractivity contribution in [2.24, 2.45) is 11.8 Å². The van der Waals surface area contributed by atoms with Gasteiger partial charge >= 0.3 is 0 Å². The largest absolute Gasteiger partial charge is 0.395 e. The summed E-state index contributed by atoms with van der Waals surface area (Å²) in [6.45, 7) is 8.21. The Morgan fingerprint density at radius 2 is 2.10 bits per heavy atom. The molecule has 20 heavy (non-hydrogen) atoms. The quantitative estimate of drug-likeness (QED) is 0.641. The average molecular weight is 286 g/mol. The Labute approximate surface area is 122 Å². The lowest BCUT2D eigenvalue weighted by Crippen LogP contribution is -2.52. The number of aliphatic hydroxyl groups is 2. The van der Waals surface area contributed by atoms with E-state index in [1.807, 2.05) is 20.8 Å². The van der Waals surface area contributed by atoms with Crippen molar-refractivity contribution in [3.63, 3.8) is 0 Å². The zero-order chi connectivity index (χ0) is 15.1. The zero-order valence-corrected chi connectivity index (χ0v) is 13.0. The van der Waals surface area contributed by atoms with Crippen LogP contribution >= 0.6 is 0 Å². The lowest BCUT2D eigenvalue weighted by molar-refractivity contribution is -0.125. The van der Waals surface area contributed by atoms with Crippen LogP contribution in [-0.4, -0.2) is 59.4 Å². The van der Waals surface area contributed by atoms with Gasteiger partial charge < -0.3 is 15.5 Å². The van der Waals surface area contributed by atoms with Gasteiger partial charge in [-0.15, -0.1) is 0 Å². The molecule has 3 unspecified atom stereocenters. The SMILES string of the molecule is CCC(O)CC1CC(NC(=O)C(C)C)CN(CCO)C1. The zero-order valence-electron chi connectivity index (χ0n) is 13.0. The second-order valence-corrected chi connectivity index (χ2v) is 6.24. The van der Waals surface area contributed by atoms with Gasteiger partial charge in [-0.2, -0.15) is 0 Å². The Hall–Kier alpha value is -0.650. The highest BCUT2D eigenvalue weighted by Crippen LogP contribution is 2.22. The first-order valence-corrected chi connectivity index (χ1v) is 7.77. The van der Waals surface area contributed by atoms with Crippen LogP contribution in [0.25, 0.3) is 0 Å². The summed E-state index contributed by atoms with van der Waals surface area (Å²) in [5.74, 6) is 0.446. The third kappa shape index (κ3) is 5.77. The van der Waals surface area contributed by atoms with Gasteiger partial charge in [0, 0.05) is 31.6 Å². The second kappa shape index (κ2) is 8.60. The molecule has 3 N–H and O–H groups in total. The van der Waals surface area contributed by atoms with E-state index in [1.165, 1.54) is 0 Å². The van der Waals surface area contributed by atoms with E-state index >= 15 is 0 Å². The molecule has 0 saturated carbocycles. The predicted octanol–water partition coefficient (Wildman–Crippen LogP) is 0.602. The minimum Gasteiger partial charge on any atom is -0.395 e. The number of amides is 1. The molecule has 1 aliphatic rings. The standard InChI is InChI=1S/C15H30N2O3/c1-4-14(19)8-12-7-13(16-15(20)11(2)3)10-17(9-12)5-6-18/h11-14,18-19H,4-10H2,1-3H3,(H,16,20). The summed E-state index contributed by atoms with van der Waals surface area (Å²) in [6, 6.07) is 0.124. The first-order valence-electron chi connectivity index (χ1n) is 7.77. The van der Waals surface area contributed by atoms with Crippen molar-refractivity contribution in [2.45, 2.75) is 52.2 Å². The number of carbonyl (C=O) groups is 1. The molecule has 1 saturated heterocycles. The van der Waals surface area contributed by atoms with Crippen LogP contribution in [0.1, 0.15) is 40.0 Å². The van der Waals surface area contributed by atoms with Crippen LogP contribution in [0.2, 0.25) is 0 Å². The Morgan fingerprint density at radius 1 is 1.40 bits per heavy atom. The molecule has 0 aromatic heterocycles. The van der Waals surface area contributed by atoms with Gasteiger partial charge in [0.25, 0.3) is 0 Å². The van der Waals surface area contributed by atoms with Gasteiger partial charge in [-0.1, -0.05) is 20.8 Å². The maximum absolute atomic E-state index is 11.8. The molecule has 0 aromatic carbocycles. The second-order valence-electron chi connectivity index (χ2n) is 6.24. The van der Waals surface area contributed by atoms with Gasteiger partial charge in [0.1, 0.15) is 0 Å². The number of nitrogens with zero attached hydrogens (tertiary/aromatic N) is 1. The van der Waals surface area contributed by atoms with Crippen LogP contribution in [-0.2, 0) is 4.79 Å². The van der Waals surface area contributed by atoms with E-state index in [2.05, 4.69) is 10.2 Å². The molecule has 5 nitrogen and oxygen atoms in total. The Morgan fingerprint density at radius 3 is 2.65 bits per heavy atom. The lowest BCUT2D eigenvalue weighted by atomic mass is 9.88. The molecule has 0 aliphatic carbocycles. The number of piperidine rings is 1. The molecule has 0 radical (unpaired) electrons. The number of likely N-dealkylation sites (tertiary alicyclic amines) is 1. The van der Waals surface area contributed by atoms with Crippen LogP contribution < -0.4 is 5.32 Å². The van der Waals surface area contributed by atoms with Crippen molar-refractivity contribution in [3.8, 4) is 0 Å². The van der Waals surface area contributed by atoms with Gasteiger partial charge in [0.15, 0.2) is 0 Å². The summed E-state index contributed by atoms with van der Waals surface area (Å²) in [5.41, 5.74) is 0. The first kappa shape index (κ1) is 17.4. The van der Waals surface area contributed by atoms with Crippen LogP contribution in [0.3, 0.4) is 0 Å². The van der Waals surface area contributed by atoms with E-state index in [0.29, 0.717) is 12.5 Å². The molecule has 1 amide bonds. The van der Waals surface area contributed by atoms with Crippen molar-refractivity contribution in [1.82, 2.24) is 10.2 Å². The summed E-state index contributed by atoms with van der Waals surface area (Å²) in [5, 5.41) is 22.0. The summed E-state index contributed by atoms with van der Waals surface area (Å²) in [6.07, 6.45) is 2.18. The minimum atomic E-state index is -0.268. The maximum atomic E-state index is 11.8. The smallest absolute Gasteiger partial charge is 0.222 e. The molecule has 118 valence electrons. The van der Waals surface area contributed by atoms with Crippen molar-refractivity contribution >= 4 is 5.91 Å². The van der Waals surface area contributed by atoms with Gasteiger partial charge in [-0.25, -0.2) is 0 Å². The van der Waals surface area contributed by atoms with Crippen LogP contribution in [0, 0.1) is 11.8 Å². The Bertz CT molecular complexity index is 297. The fourth-order valence-corrected chi connectivity index (χ4v) is 2.82. The average Bonchev–Trinajstić information content (AvgIpc) is 2.38. The molecular formula is C15H30N2O3. The van der Waals surface area contributed by atoms with E-state index in [-0.39, 0.29) is 30.6 Å². The molecule has 0 bridgehead atoms. The topological polar surface area (TPSA) is 72.8 Å². The van der Waals surface area contributed by atoms with Crippen LogP contribution in [0.4, 0.5) is 0 Å². The summed E-state index contributed by atoms with van der Waals surface area (Å²) in [7, 11) is 0. The van der Waals surface area contributed by atoms with Crippen molar-refractivity contribution < 1.29 is 15.0 Å².